The molecular formula is C10H12N2O4. The van der Waals surface area contributed by atoms with Crippen molar-refractivity contribution in [3.63, 3.8) is 0 Å². The van der Waals surface area contributed by atoms with E-state index in [0.717, 1.165) is 0 Å². The SMILES string of the molecule is COC(=O)[C@@H]1CCn2cc(C(=O)O)nc2C1. The topological polar surface area (TPSA) is 81.4 Å². The van der Waals surface area contributed by atoms with Gasteiger partial charge in [-0.3, -0.25) is 4.79 Å². The summed E-state index contributed by atoms with van der Waals surface area (Å²) in [5.41, 5.74) is 0.0283. The summed E-state index contributed by atoms with van der Waals surface area (Å²) >= 11 is 0. The molecule has 86 valence electrons. The van der Waals surface area contributed by atoms with E-state index in [2.05, 4.69) is 9.72 Å². The second-order valence-corrected chi connectivity index (χ2v) is 3.75. The molecule has 1 aromatic heterocycles. The number of esters is 1. The van der Waals surface area contributed by atoms with E-state index in [4.69, 9.17) is 5.11 Å². The number of carboxylic acid groups (broad SMARTS) is 1. The summed E-state index contributed by atoms with van der Waals surface area (Å²) in [7, 11) is 1.35. The summed E-state index contributed by atoms with van der Waals surface area (Å²) in [6.45, 7) is 0.607. The van der Waals surface area contributed by atoms with Gasteiger partial charge < -0.3 is 14.4 Å². The van der Waals surface area contributed by atoms with E-state index in [0.29, 0.717) is 25.2 Å². The van der Waals surface area contributed by atoms with E-state index in [9.17, 15) is 9.59 Å². The van der Waals surface area contributed by atoms with Gasteiger partial charge in [-0.1, -0.05) is 0 Å². The van der Waals surface area contributed by atoms with Crippen molar-refractivity contribution in [2.75, 3.05) is 7.11 Å². The Kier molecular flexibility index (Phi) is 2.64. The van der Waals surface area contributed by atoms with Crippen molar-refractivity contribution in [1.29, 1.82) is 0 Å². The Labute approximate surface area is 91.8 Å². The molecule has 1 aliphatic heterocycles. The van der Waals surface area contributed by atoms with Crippen LogP contribution in [0.2, 0.25) is 0 Å². The summed E-state index contributed by atoms with van der Waals surface area (Å²) in [4.78, 5) is 26.0. The highest BCUT2D eigenvalue weighted by atomic mass is 16.5. The number of carbonyl (C=O) groups excluding carboxylic acids is 1. The molecular weight excluding hydrogens is 212 g/mol. The fraction of sp³-hybridized carbons (Fsp3) is 0.500. The standard InChI is InChI=1S/C10H12N2O4/c1-16-10(15)6-2-3-12-5-7(9(13)14)11-8(12)4-6/h5-6H,2-4H2,1H3,(H,13,14)/t6-/m1/s1. The lowest BCUT2D eigenvalue weighted by Gasteiger charge is -2.20. The quantitative estimate of drug-likeness (QED) is 0.731. The molecule has 1 aliphatic rings. The van der Waals surface area contributed by atoms with Crippen LogP contribution in [0.5, 0.6) is 0 Å². The minimum atomic E-state index is -1.04. The van der Waals surface area contributed by atoms with Crippen LogP contribution in [0, 0.1) is 5.92 Å². The van der Waals surface area contributed by atoms with Gasteiger partial charge >= 0.3 is 11.9 Å². The number of rotatable bonds is 2. The van der Waals surface area contributed by atoms with E-state index in [-0.39, 0.29) is 17.6 Å². The highest BCUT2D eigenvalue weighted by Gasteiger charge is 2.27. The van der Waals surface area contributed by atoms with E-state index in [1.165, 1.54) is 13.3 Å². The first-order valence-electron chi connectivity index (χ1n) is 4.99. The number of aromatic nitrogens is 2. The molecule has 0 aliphatic carbocycles. The summed E-state index contributed by atoms with van der Waals surface area (Å²) < 4.78 is 6.45. The predicted molar refractivity (Wildman–Crippen MR) is 53.0 cm³/mol. The molecule has 0 unspecified atom stereocenters. The van der Waals surface area contributed by atoms with Crippen molar-refractivity contribution in [3.05, 3.63) is 17.7 Å². The normalized spacial score (nSPS) is 18.9. The van der Waals surface area contributed by atoms with Gasteiger partial charge in [0.15, 0.2) is 5.69 Å². The third kappa shape index (κ3) is 1.78. The number of ether oxygens (including phenoxy) is 1. The highest BCUT2D eigenvalue weighted by molar-refractivity contribution is 5.85. The second kappa shape index (κ2) is 3.96. The zero-order valence-corrected chi connectivity index (χ0v) is 8.84. The Balaban J connectivity index is 2.20. The zero-order valence-electron chi connectivity index (χ0n) is 8.84. The third-order valence-corrected chi connectivity index (χ3v) is 2.76. The monoisotopic (exact) mass is 224 g/mol. The molecule has 6 heteroatoms. The molecule has 0 radical (unpaired) electrons. The first-order chi connectivity index (χ1) is 7.61. The van der Waals surface area contributed by atoms with Crippen LogP contribution in [0.25, 0.3) is 0 Å². The van der Waals surface area contributed by atoms with E-state index in [1.807, 2.05) is 0 Å². The van der Waals surface area contributed by atoms with Crippen LogP contribution < -0.4 is 0 Å². The van der Waals surface area contributed by atoms with Crippen molar-refractivity contribution in [2.45, 2.75) is 19.4 Å². The molecule has 0 bridgehead atoms. The summed E-state index contributed by atoms with van der Waals surface area (Å²) in [5.74, 6) is -0.872. The van der Waals surface area contributed by atoms with Crippen molar-refractivity contribution in [3.8, 4) is 0 Å². The Morgan fingerprint density at radius 3 is 3.00 bits per heavy atom. The van der Waals surface area contributed by atoms with Crippen molar-refractivity contribution in [2.24, 2.45) is 5.92 Å². The van der Waals surface area contributed by atoms with Crippen LogP contribution in [-0.4, -0.2) is 33.7 Å². The number of nitrogens with zero attached hydrogens (tertiary/aromatic N) is 2. The van der Waals surface area contributed by atoms with Gasteiger partial charge in [-0.15, -0.1) is 0 Å². The fourth-order valence-electron chi connectivity index (χ4n) is 1.90. The smallest absolute Gasteiger partial charge is 0.356 e. The zero-order chi connectivity index (χ0) is 11.7. The molecule has 16 heavy (non-hydrogen) atoms. The van der Waals surface area contributed by atoms with Crippen LogP contribution in [0.15, 0.2) is 6.20 Å². The number of hydrogen-bond acceptors (Lipinski definition) is 4. The maximum Gasteiger partial charge on any atom is 0.356 e. The average molecular weight is 224 g/mol. The number of methoxy groups -OCH3 is 1. The van der Waals surface area contributed by atoms with Gasteiger partial charge in [-0.25, -0.2) is 9.78 Å². The number of fused-ring (bicyclic) bond motifs is 1. The predicted octanol–water partition coefficient (Wildman–Crippen LogP) is 0.317. The van der Waals surface area contributed by atoms with Crippen LogP contribution in [0.3, 0.4) is 0 Å². The first-order valence-corrected chi connectivity index (χ1v) is 4.99. The molecule has 2 heterocycles. The third-order valence-electron chi connectivity index (χ3n) is 2.76. The number of carbonyl (C=O) groups is 2. The van der Waals surface area contributed by atoms with E-state index >= 15 is 0 Å². The first kappa shape index (κ1) is 10.7. The van der Waals surface area contributed by atoms with Crippen LogP contribution in [0.1, 0.15) is 22.7 Å². The average Bonchev–Trinajstić information content (AvgIpc) is 2.70. The molecule has 1 aromatic rings. The number of carboxylic acids is 1. The maximum atomic E-state index is 11.3. The Morgan fingerprint density at radius 1 is 1.62 bits per heavy atom. The molecule has 0 saturated carbocycles. The largest absolute Gasteiger partial charge is 0.476 e. The lowest BCUT2D eigenvalue weighted by Crippen LogP contribution is -2.26. The lowest BCUT2D eigenvalue weighted by molar-refractivity contribution is -0.146. The number of aryl methyl sites for hydroxylation is 1. The molecule has 1 atom stereocenters. The summed E-state index contributed by atoms with van der Waals surface area (Å²) in [5, 5.41) is 8.79. The van der Waals surface area contributed by atoms with Crippen molar-refractivity contribution < 1.29 is 19.4 Å². The molecule has 6 nitrogen and oxygen atoms in total. The van der Waals surface area contributed by atoms with Crippen LogP contribution in [-0.2, 0) is 22.5 Å². The second-order valence-electron chi connectivity index (χ2n) is 3.75. The Morgan fingerprint density at radius 2 is 2.38 bits per heavy atom. The summed E-state index contributed by atoms with van der Waals surface area (Å²) in [6.07, 6.45) is 2.61. The van der Waals surface area contributed by atoms with Crippen molar-refractivity contribution >= 4 is 11.9 Å². The molecule has 0 saturated heterocycles. The maximum absolute atomic E-state index is 11.3. The van der Waals surface area contributed by atoms with Gasteiger partial charge in [0.2, 0.25) is 0 Å². The van der Waals surface area contributed by atoms with Gasteiger partial charge in [-0.2, -0.15) is 0 Å². The molecule has 0 aromatic carbocycles. The fourth-order valence-corrected chi connectivity index (χ4v) is 1.90. The number of hydrogen-bond donors (Lipinski definition) is 1. The van der Waals surface area contributed by atoms with E-state index in [1.54, 1.807) is 4.57 Å². The van der Waals surface area contributed by atoms with E-state index < -0.39 is 5.97 Å². The molecule has 0 fully saturated rings. The minimum Gasteiger partial charge on any atom is -0.476 e. The van der Waals surface area contributed by atoms with Crippen molar-refractivity contribution in [1.82, 2.24) is 9.55 Å². The van der Waals surface area contributed by atoms with Gasteiger partial charge in [0.1, 0.15) is 5.82 Å². The molecule has 0 spiro atoms. The Bertz CT molecular complexity index is 438. The highest BCUT2D eigenvalue weighted by Crippen LogP contribution is 2.21. The lowest BCUT2D eigenvalue weighted by atomic mass is 9.98. The molecule has 0 amide bonds. The Hall–Kier alpha value is -1.85. The van der Waals surface area contributed by atoms with Gasteiger partial charge in [0.05, 0.1) is 13.0 Å². The molecule has 1 N–H and O–H groups in total. The van der Waals surface area contributed by atoms with Crippen LogP contribution >= 0.6 is 0 Å². The van der Waals surface area contributed by atoms with Gasteiger partial charge in [-0.05, 0) is 6.42 Å². The number of aromatic carboxylic acids is 1. The van der Waals surface area contributed by atoms with Gasteiger partial charge in [0, 0.05) is 19.2 Å². The van der Waals surface area contributed by atoms with Crippen LogP contribution in [0.4, 0.5) is 0 Å². The molecule has 2 rings (SSSR count). The van der Waals surface area contributed by atoms with Gasteiger partial charge in [0.25, 0.3) is 0 Å². The number of imidazole rings is 1. The minimum absolute atomic E-state index is 0.0283. The summed E-state index contributed by atoms with van der Waals surface area (Å²) in [6, 6.07) is 0.